The molecule has 0 aromatic heterocycles. The Balaban J connectivity index is 1.71. The smallest absolute Gasteiger partial charge is 0.266 e. The predicted molar refractivity (Wildman–Crippen MR) is 101 cm³/mol. The molecule has 0 saturated carbocycles. The van der Waals surface area contributed by atoms with Gasteiger partial charge in [0.2, 0.25) is 0 Å². The second-order valence-electron chi connectivity index (χ2n) is 6.28. The molecule has 25 heavy (non-hydrogen) atoms. The van der Waals surface area contributed by atoms with Gasteiger partial charge in [0.05, 0.1) is 0 Å². The van der Waals surface area contributed by atoms with Crippen molar-refractivity contribution in [3.05, 3.63) is 65.2 Å². The fourth-order valence-electron chi connectivity index (χ4n) is 2.91. The van der Waals surface area contributed by atoms with E-state index in [1.54, 1.807) is 6.08 Å². The highest BCUT2D eigenvalue weighted by Crippen LogP contribution is 2.21. The maximum absolute atomic E-state index is 12.3. The van der Waals surface area contributed by atoms with E-state index in [-0.39, 0.29) is 5.57 Å². The zero-order valence-corrected chi connectivity index (χ0v) is 14.3. The van der Waals surface area contributed by atoms with E-state index in [1.807, 2.05) is 61.5 Å². The molecule has 126 valence electrons. The van der Waals surface area contributed by atoms with Crippen molar-refractivity contribution in [2.24, 2.45) is 0 Å². The number of hydrogen-bond donors (Lipinski definition) is 1. The van der Waals surface area contributed by atoms with Crippen molar-refractivity contribution in [3.63, 3.8) is 0 Å². The van der Waals surface area contributed by atoms with Gasteiger partial charge in [-0.25, -0.2) is 0 Å². The lowest BCUT2D eigenvalue weighted by Gasteiger charge is -2.17. The molecular weight excluding hydrogens is 310 g/mol. The van der Waals surface area contributed by atoms with Crippen LogP contribution in [0, 0.1) is 18.3 Å². The highest BCUT2D eigenvalue weighted by atomic mass is 16.1. The fourth-order valence-corrected chi connectivity index (χ4v) is 2.91. The van der Waals surface area contributed by atoms with Crippen LogP contribution in [0.25, 0.3) is 6.08 Å². The molecule has 0 spiro atoms. The lowest BCUT2D eigenvalue weighted by Crippen LogP contribution is -2.17. The zero-order chi connectivity index (χ0) is 17.6. The Bertz CT molecular complexity index is 808. The second-order valence-corrected chi connectivity index (χ2v) is 6.28. The van der Waals surface area contributed by atoms with Gasteiger partial charge in [-0.1, -0.05) is 29.8 Å². The molecule has 2 aromatic carbocycles. The fraction of sp³-hybridized carbons (Fsp3) is 0.238. The standard InChI is InChI=1S/C21H21N3O/c1-16-4-8-19(9-5-16)23-21(25)18(15-22)14-17-6-10-20(11-7-17)24-12-2-3-13-24/h4-11,14H,2-3,12-13H2,1H3,(H,23,25)/b18-14-. The summed E-state index contributed by atoms with van der Waals surface area (Å²) in [6, 6.07) is 17.5. The van der Waals surface area contributed by atoms with Crippen LogP contribution in [-0.4, -0.2) is 19.0 Å². The number of carbonyl (C=O) groups is 1. The number of aryl methyl sites for hydroxylation is 1. The molecule has 0 atom stereocenters. The van der Waals surface area contributed by atoms with Crippen molar-refractivity contribution >= 4 is 23.4 Å². The lowest BCUT2D eigenvalue weighted by atomic mass is 10.1. The first-order valence-electron chi connectivity index (χ1n) is 8.50. The normalized spacial score (nSPS) is 14.2. The topological polar surface area (TPSA) is 56.1 Å². The van der Waals surface area contributed by atoms with E-state index < -0.39 is 5.91 Å². The molecule has 1 fully saturated rings. The summed E-state index contributed by atoms with van der Waals surface area (Å²) < 4.78 is 0. The van der Waals surface area contributed by atoms with Crippen molar-refractivity contribution < 1.29 is 4.79 Å². The molecule has 3 rings (SSSR count). The van der Waals surface area contributed by atoms with Gasteiger partial charge in [-0.2, -0.15) is 5.26 Å². The van der Waals surface area contributed by atoms with Gasteiger partial charge < -0.3 is 10.2 Å². The number of rotatable bonds is 4. The molecule has 1 N–H and O–H groups in total. The summed E-state index contributed by atoms with van der Waals surface area (Å²) >= 11 is 0. The highest BCUT2D eigenvalue weighted by molar-refractivity contribution is 6.09. The molecule has 0 radical (unpaired) electrons. The first kappa shape index (κ1) is 16.8. The Kier molecular flexibility index (Phi) is 5.15. The number of anilines is 2. The Labute approximate surface area is 148 Å². The Morgan fingerprint density at radius 3 is 2.32 bits per heavy atom. The van der Waals surface area contributed by atoms with Gasteiger partial charge in [-0.05, 0) is 55.7 Å². The third kappa shape index (κ3) is 4.27. The molecule has 1 saturated heterocycles. The molecule has 1 aliphatic heterocycles. The zero-order valence-electron chi connectivity index (χ0n) is 14.3. The first-order chi connectivity index (χ1) is 12.2. The SMILES string of the molecule is Cc1ccc(NC(=O)/C(C#N)=C\c2ccc(N3CCCC3)cc2)cc1. The number of nitriles is 1. The number of nitrogens with one attached hydrogen (secondary N) is 1. The van der Waals surface area contributed by atoms with Gasteiger partial charge in [0.1, 0.15) is 11.6 Å². The third-order valence-corrected chi connectivity index (χ3v) is 4.35. The molecule has 2 aromatic rings. The van der Waals surface area contributed by atoms with Gasteiger partial charge in [-0.3, -0.25) is 4.79 Å². The number of amides is 1. The molecule has 0 aliphatic carbocycles. The molecule has 1 amide bonds. The Hall–Kier alpha value is -3.06. The van der Waals surface area contributed by atoms with Crippen molar-refractivity contribution in [1.29, 1.82) is 5.26 Å². The van der Waals surface area contributed by atoms with E-state index in [0.29, 0.717) is 5.69 Å². The first-order valence-corrected chi connectivity index (χ1v) is 8.50. The summed E-state index contributed by atoms with van der Waals surface area (Å²) in [5.74, 6) is -0.394. The average Bonchev–Trinajstić information content (AvgIpc) is 3.16. The molecule has 0 bridgehead atoms. The lowest BCUT2D eigenvalue weighted by molar-refractivity contribution is -0.112. The van der Waals surface area contributed by atoms with Crippen LogP contribution in [0.1, 0.15) is 24.0 Å². The van der Waals surface area contributed by atoms with Crippen LogP contribution in [0.15, 0.2) is 54.1 Å². The number of hydrogen-bond acceptors (Lipinski definition) is 3. The van der Waals surface area contributed by atoms with Crippen molar-refractivity contribution in [2.75, 3.05) is 23.3 Å². The minimum atomic E-state index is -0.394. The van der Waals surface area contributed by atoms with E-state index in [9.17, 15) is 10.1 Å². The minimum absolute atomic E-state index is 0.0921. The minimum Gasteiger partial charge on any atom is -0.372 e. The third-order valence-electron chi connectivity index (χ3n) is 4.35. The van der Waals surface area contributed by atoms with E-state index in [0.717, 1.165) is 24.2 Å². The predicted octanol–water partition coefficient (Wildman–Crippen LogP) is 4.14. The van der Waals surface area contributed by atoms with Crippen LogP contribution < -0.4 is 10.2 Å². The van der Waals surface area contributed by atoms with E-state index in [4.69, 9.17) is 0 Å². The number of carbonyl (C=O) groups excluding carboxylic acids is 1. The van der Waals surface area contributed by atoms with Gasteiger partial charge in [0.25, 0.3) is 5.91 Å². The van der Waals surface area contributed by atoms with Gasteiger partial charge in [0, 0.05) is 24.5 Å². The molecule has 1 aliphatic rings. The molecular formula is C21H21N3O. The molecule has 4 heteroatoms. The summed E-state index contributed by atoms with van der Waals surface area (Å²) in [5, 5.41) is 12.1. The summed E-state index contributed by atoms with van der Waals surface area (Å²) in [6.45, 7) is 4.17. The maximum atomic E-state index is 12.3. The quantitative estimate of drug-likeness (QED) is 0.676. The van der Waals surface area contributed by atoms with Crippen LogP contribution in [-0.2, 0) is 4.79 Å². The number of nitrogens with zero attached hydrogens (tertiary/aromatic N) is 2. The van der Waals surface area contributed by atoms with Crippen LogP contribution >= 0.6 is 0 Å². The summed E-state index contributed by atoms with van der Waals surface area (Å²) in [7, 11) is 0. The molecule has 4 nitrogen and oxygen atoms in total. The van der Waals surface area contributed by atoms with E-state index in [2.05, 4.69) is 10.2 Å². The molecule has 1 heterocycles. The van der Waals surface area contributed by atoms with Crippen molar-refractivity contribution in [1.82, 2.24) is 0 Å². The summed E-state index contributed by atoms with van der Waals surface area (Å²) in [4.78, 5) is 14.6. The number of benzene rings is 2. The Morgan fingerprint density at radius 2 is 1.72 bits per heavy atom. The average molecular weight is 331 g/mol. The van der Waals surface area contributed by atoms with Gasteiger partial charge in [-0.15, -0.1) is 0 Å². The summed E-state index contributed by atoms with van der Waals surface area (Å²) in [5.41, 5.74) is 3.93. The van der Waals surface area contributed by atoms with Crippen molar-refractivity contribution in [3.8, 4) is 6.07 Å². The monoisotopic (exact) mass is 331 g/mol. The van der Waals surface area contributed by atoms with Crippen LogP contribution in [0.4, 0.5) is 11.4 Å². The van der Waals surface area contributed by atoms with Gasteiger partial charge >= 0.3 is 0 Å². The van der Waals surface area contributed by atoms with Crippen molar-refractivity contribution in [2.45, 2.75) is 19.8 Å². The van der Waals surface area contributed by atoms with Gasteiger partial charge in [0.15, 0.2) is 0 Å². The van der Waals surface area contributed by atoms with E-state index >= 15 is 0 Å². The van der Waals surface area contributed by atoms with E-state index in [1.165, 1.54) is 18.5 Å². The summed E-state index contributed by atoms with van der Waals surface area (Å²) in [6.07, 6.45) is 4.09. The highest BCUT2D eigenvalue weighted by Gasteiger charge is 2.12. The van der Waals surface area contributed by atoms with Crippen LogP contribution in [0.3, 0.4) is 0 Å². The second kappa shape index (κ2) is 7.67. The largest absolute Gasteiger partial charge is 0.372 e. The maximum Gasteiger partial charge on any atom is 0.266 e. The Morgan fingerprint density at radius 1 is 1.08 bits per heavy atom. The van der Waals surface area contributed by atoms with Crippen LogP contribution in [0.2, 0.25) is 0 Å². The van der Waals surface area contributed by atoms with Crippen LogP contribution in [0.5, 0.6) is 0 Å². The molecule has 0 unspecified atom stereocenters.